The number of carbonyl (C=O) groups is 2. The lowest BCUT2D eigenvalue weighted by Gasteiger charge is -2.31. The molecule has 0 bridgehead atoms. The molecule has 4 nitrogen and oxygen atoms in total. The first-order chi connectivity index (χ1) is 9.52. The fraction of sp³-hybridized carbons (Fsp3) is 0.467. The van der Waals surface area contributed by atoms with E-state index in [2.05, 4.69) is 34.2 Å². The summed E-state index contributed by atoms with van der Waals surface area (Å²) >= 11 is 3.47. The van der Waals surface area contributed by atoms with Crippen LogP contribution in [0.3, 0.4) is 0 Å². The number of likely N-dealkylation sites (tertiary alicyclic amines) is 1. The lowest BCUT2D eigenvalue weighted by atomic mass is 9.99. The maximum absolute atomic E-state index is 12.1. The number of halogens is 1. The lowest BCUT2D eigenvalue weighted by molar-refractivity contribution is -0.148. The summed E-state index contributed by atoms with van der Waals surface area (Å²) in [6.07, 6.45) is 1.89. The number of nitrogens with zero attached hydrogens (tertiary/aromatic N) is 1. The first-order valence-electron chi connectivity index (χ1n) is 6.84. The van der Waals surface area contributed by atoms with Crippen LogP contribution in [0.25, 0.3) is 0 Å². The smallest absolute Gasteiger partial charge is 0.246 e. The van der Waals surface area contributed by atoms with E-state index in [9.17, 15) is 9.59 Å². The van der Waals surface area contributed by atoms with Gasteiger partial charge in [0.1, 0.15) is 0 Å². The van der Waals surface area contributed by atoms with E-state index in [1.807, 2.05) is 18.2 Å². The van der Waals surface area contributed by atoms with Crippen molar-refractivity contribution in [1.82, 2.24) is 10.2 Å². The highest BCUT2D eigenvalue weighted by molar-refractivity contribution is 9.10. The van der Waals surface area contributed by atoms with Crippen LogP contribution in [0.15, 0.2) is 28.7 Å². The Hall–Kier alpha value is -1.20. The van der Waals surface area contributed by atoms with Crippen LogP contribution in [0.5, 0.6) is 0 Å². The van der Waals surface area contributed by atoms with Gasteiger partial charge in [0, 0.05) is 24.0 Å². The fourth-order valence-corrected chi connectivity index (χ4v) is 2.90. The van der Waals surface area contributed by atoms with Crippen LogP contribution in [0.4, 0.5) is 0 Å². The number of imide groups is 1. The number of nitrogens with one attached hydrogen (secondary N) is 1. The molecule has 0 radical (unpaired) electrons. The van der Waals surface area contributed by atoms with Crippen molar-refractivity contribution in [2.24, 2.45) is 0 Å². The molecular formula is C15H19BrN2O2. The van der Waals surface area contributed by atoms with Crippen molar-refractivity contribution in [2.75, 3.05) is 7.05 Å². The molecule has 108 valence electrons. The van der Waals surface area contributed by atoms with Crippen LogP contribution in [0, 0.1) is 0 Å². The Kier molecular flexibility index (Phi) is 4.94. The van der Waals surface area contributed by atoms with E-state index in [1.54, 1.807) is 7.05 Å². The number of rotatable bonds is 4. The molecule has 2 unspecified atom stereocenters. The van der Waals surface area contributed by atoms with Crippen molar-refractivity contribution >= 4 is 27.7 Å². The van der Waals surface area contributed by atoms with Crippen LogP contribution in [0.1, 0.15) is 37.8 Å². The summed E-state index contributed by atoms with van der Waals surface area (Å²) in [4.78, 5) is 24.8. The molecule has 1 N–H and O–H groups in total. The lowest BCUT2D eigenvalue weighted by Crippen LogP contribution is -2.52. The predicted molar refractivity (Wildman–Crippen MR) is 81.1 cm³/mol. The minimum Gasteiger partial charge on any atom is -0.299 e. The second-order valence-corrected chi connectivity index (χ2v) is 5.98. The van der Waals surface area contributed by atoms with Gasteiger partial charge in [-0.05, 0) is 30.5 Å². The molecule has 1 aliphatic heterocycles. The Labute approximate surface area is 127 Å². The first-order valence-corrected chi connectivity index (χ1v) is 7.64. The molecule has 1 heterocycles. The minimum atomic E-state index is -0.276. The van der Waals surface area contributed by atoms with Gasteiger partial charge in [0.05, 0.1) is 6.04 Å². The molecule has 1 aromatic carbocycles. The van der Waals surface area contributed by atoms with Gasteiger partial charge in [-0.2, -0.15) is 0 Å². The quantitative estimate of drug-likeness (QED) is 0.858. The van der Waals surface area contributed by atoms with Gasteiger partial charge in [0.25, 0.3) is 0 Å². The number of likely N-dealkylation sites (N-methyl/N-ethyl adjacent to an activating group) is 1. The van der Waals surface area contributed by atoms with Gasteiger partial charge in [-0.15, -0.1) is 0 Å². The Morgan fingerprint density at radius 1 is 1.45 bits per heavy atom. The predicted octanol–water partition coefficient (Wildman–Crippen LogP) is 2.64. The molecule has 2 atom stereocenters. The van der Waals surface area contributed by atoms with E-state index in [1.165, 1.54) is 4.90 Å². The molecule has 1 aromatic rings. The third-order valence-corrected chi connectivity index (χ3v) is 4.20. The number of hydrogen-bond donors (Lipinski definition) is 1. The molecule has 1 aliphatic rings. The van der Waals surface area contributed by atoms with Gasteiger partial charge >= 0.3 is 0 Å². The second-order valence-electron chi connectivity index (χ2n) is 5.06. The van der Waals surface area contributed by atoms with E-state index in [0.29, 0.717) is 12.8 Å². The monoisotopic (exact) mass is 338 g/mol. The molecule has 20 heavy (non-hydrogen) atoms. The zero-order chi connectivity index (χ0) is 14.7. The summed E-state index contributed by atoms with van der Waals surface area (Å²) < 4.78 is 1.03. The van der Waals surface area contributed by atoms with Crippen molar-refractivity contribution in [3.8, 4) is 0 Å². The Balaban J connectivity index is 2.11. The van der Waals surface area contributed by atoms with Gasteiger partial charge in [0.2, 0.25) is 11.8 Å². The number of benzene rings is 1. The number of amides is 2. The van der Waals surface area contributed by atoms with Gasteiger partial charge in [-0.3, -0.25) is 19.8 Å². The van der Waals surface area contributed by atoms with Crippen molar-refractivity contribution in [2.45, 2.75) is 38.3 Å². The highest BCUT2D eigenvalue weighted by Gasteiger charge is 2.32. The standard InChI is InChI=1S/C15H19BrN2O2/c1-3-12(10-5-4-6-11(16)9-10)17-13-7-8-14(19)18(2)15(13)20/h4-6,9,12-13,17H,3,7-8H2,1-2H3. The van der Waals surface area contributed by atoms with Gasteiger partial charge < -0.3 is 0 Å². The normalized spacial score (nSPS) is 21.1. The van der Waals surface area contributed by atoms with Gasteiger partial charge in [-0.25, -0.2) is 0 Å². The zero-order valence-corrected chi connectivity index (χ0v) is 13.3. The van der Waals surface area contributed by atoms with Crippen LogP contribution in [-0.4, -0.2) is 29.8 Å². The number of piperidine rings is 1. The summed E-state index contributed by atoms with van der Waals surface area (Å²) in [6.45, 7) is 2.08. The van der Waals surface area contributed by atoms with E-state index in [0.717, 1.165) is 16.5 Å². The van der Waals surface area contributed by atoms with Crippen LogP contribution in [0.2, 0.25) is 0 Å². The average molecular weight is 339 g/mol. The maximum atomic E-state index is 12.1. The number of carbonyl (C=O) groups excluding carboxylic acids is 2. The Morgan fingerprint density at radius 2 is 2.20 bits per heavy atom. The largest absolute Gasteiger partial charge is 0.299 e. The molecule has 1 saturated heterocycles. The summed E-state index contributed by atoms with van der Waals surface area (Å²) in [7, 11) is 1.55. The summed E-state index contributed by atoms with van der Waals surface area (Å²) in [5.41, 5.74) is 1.15. The molecule has 2 amide bonds. The summed E-state index contributed by atoms with van der Waals surface area (Å²) in [6, 6.07) is 7.92. The highest BCUT2D eigenvalue weighted by Crippen LogP contribution is 2.23. The fourth-order valence-electron chi connectivity index (χ4n) is 2.49. The van der Waals surface area contributed by atoms with Crippen LogP contribution < -0.4 is 5.32 Å². The number of hydrogen-bond acceptors (Lipinski definition) is 3. The molecule has 2 rings (SSSR count). The zero-order valence-electron chi connectivity index (χ0n) is 11.7. The van der Waals surface area contributed by atoms with Gasteiger partial charge in [0.15, 0.2) is 0 Å². The van der Waals surface area contributed by atoms with Crippen molar-refractivity contribution in [1.29, 1.82) is 0 Å². The highest BCUT2D eigenvalue weighted by atomic mass is 79.9. The van der Waals surface area contributed by atoms with E-state index in [4.69, 9.17) is 0 Å². The summed E-state index contributed by atoms with van der Waals surface area (Å²) in [5.74, 6) is -0.224. The van der Waals surface area contributed by atoms with Gasteiger partial charge in [-0.1, -0.05) is 35.0 Å². The Morgan fingerprint density at radius 3 is 2.85 bits per heavy atom. The molecule has 1 fully saturated rings. The topological polar surface area (TPSA) is 49.4 Å². The minimum absolute atomic E-state index is 0.0939. The molecule has 0 aliphatic carbocycles. The third kappa shape index (κ3) is 3.27. The molecular weight excluding hydrogens is 320 g/mol. The second kappa shape index (κ2) is 6.50. The molecule has 5 heteroatoms. The van der Waals surface area contributed by atoms with Crippen molar-refractivity contribution in [3.63, 3.8) is 0 Å². The maximum Gasteiger partial charge on any atom is 0.246 e. The third-order valence-electron chi connectivity index (χ3n) is 3.71. The van der Waals surface area contributed by atoms with Crippen LogP contribution in [-0.2, 0) is 9.59 Å². The first kappa shape index (κ1) is 15.2. The van der Waals surface area contributed by atoms with E-state index in [-0.39, 0.29) is 23.9 Å². The average Bonchev–Trinajstić information content (AvgIpc) is 2.44. The Bertz CT molecular complexity index is 518. The summed E-state index contributed by atoms with van der Waals surface area (Å²) in [5, 5.41) is 3.39. The molecule has 0 spiro atoms. The van der Waals surface area contributed by atoms with Crippen molar-refractivity contribution in [3.05, 3.63) is 34.3 Å². The van der Waals surface area contributed by atoms with E-state index >= 15 is 0 Å². The molecule has 0 aromatic heterocycles. The molecule has 0 saturated carbocycles. The SMILES string of the molecule is CCC(NC1CCC(=O)N(C)C1=O)c1cccc(Br)c1. The van der Waals surface area contributed by atoms with Crippen LogP contribution >= 0.6 is 15.9 Å². The van der Waals surface area contributed by atoms with Crippen molar-refractivity contribution < 1.29 is 9.59 Å². The van der Waals surface area contributed by atoms with E-state index < -0.39 is 0 Å².